The van der Waals surface area contributed by atoms with E-state index < -0.39 is 0 Å². The number of hydrogen-bond acceptors (Lipinski definition) is 2. The third-order valence-corrected chi connectivity index (χ3v) is 3.60. The van der Waals surface area contributed by atoms with E-state index in [0.717, 1.165) is 23.3 Å². The molecular weight excluding hydrogens is 248 g/mol. The lowest BCUT2D eigenvalue weighted by Gasteiger charge is -2.24. The quantitative estimate of drug-likeness (QED) is 0.714. The molecule has 0 N–H and O–H groups in total. The van der Waals surface area contributed by atoms with Crippen LogP contribution >= 0.6 is 0 Å². The van der Waals surface area contributed by atoms with Crippen molar-refractivity contribution in [2.75, 3.05) is 6.61 Å². The Morgan fingerprint density at radius 1 is 1.20 bits per heavy atom. The molecule has 0 amide bonds. The molecule has 0 heterocycles. The van der Waals surface area contributed by atoms with Crippen LogP contribution in [0.2, 0.25) is 0 Å². The van der Waals surface area contributed by atoms with Gasteiger partial charge in [-0.15, -0.1) is 0 Å². The van der Waals surface area contributed by atoms with Gasteiger partial charge in [0.1, 0.15) is 11.5 Å². The topological polar surface area (TPSA) is 26.3 Å². The number of aryl methyl sites for hydroxylation is 2. The fourth-order valence-electron chi connectivity index (χ4n) is 2.74. The Bertz CT molecular complexity index is 461. The first-order chi connectivity index (χ1) is 9.42. The molecule has 0 bridgehead atoms. The van der Waals surface area contributed by atoms with Crippen molar-refractivity contribution in [1.29, 1.82) is 0 Å². The van der Waals surface area contributed by atoms with Crippen molar-refractivity contribution in [3.05, 3.63) is 28.8 Å². The minimum absolute atomic E-state index is 0.0644. The van der Waals surface area contributed by atoms with Gasteiger partial charge in [0.15, 0.2) is 0 Å². The second-order valence-corrected chi connectivity index (χ2v) is 5.89. The van der Waals surface area contributed by atoms with Crippen molar-refractivity contribution in [1.82, 2.24) is 0 Å². The van der Waals surface area contributed by atoms with Gasteiger partial charge in [0.2, 0.25) is 0 Å². The third kappa shape index (κ3) is 3.84. The zero-order valence-corrected chi connectivity index (χ0v) is 13.7. The van der Waals surface area contributed by atoms with Gasteiger partial charge in [0.25, 0.3) is 0 Å². The zero-order valence-electron chi connectivity index (χ0n) is 13.7. The lowest BCUT2D eigenvalue weighted by molar-refractivity contribution is -0.121. The summed E-state index contributed by atoms with van der Waals surface area (Å²) in [6.45, 7) is 13.1. The summed E-state index contributed by atoms with van der Waals surface area (Å²) in [6, 6.07) is 4.25. The van der Waals surface area contributed by atoms with Crippen molar-refractivity contribution in [2.24, 2.45) is 5.92 Å². The number of carbonyl (C=O) groups excluding carboxylic acids is 1. The molecule has 0 aliphatic heterocycles. The molecule has 0 radical (unpaired) electrons. The number of hydrogen-bond donors (Lipinski definition) is 0. The summed E-state index contributed by atoms with van der Waals surface area (Å²) in [4.78, 5) is 12.3. The van der Waals surface area contributed by atoms with Crippen molar-refractivity contribution in [3.8, 4) is 5.75 Å². The second-order valence-electron chi connectivity index (χ2n) is 5.89. The summed E-state index contributed by atoms with van der Waals surface area (Å²) in [6.07, 6.45) is 1.55. The number of benzene rings is 1. The Morgan fingerprint density at radius 2 is 1.85 bits per heavy atom. The molecule has 0 spiro atoms. The van der Waals surface area contributed by atoms with Crippen LogP contribution in [0.1, 0.15) is 63.1 Å². The number of ether oxygens (including phenoxy) is 1. The Hall–Kier alpha value is -1.31. The highest BCUT2D eigenvalue weighted by molar-refractivity contribution is 5.86. The van der Waals surface area contributed by atoms with E-state index in [4.69, 9.17) is 4.74 Å². The molecule has 1 aromatic rings. The molecule has 0 saturated carbocycles. The minimum atomic E-state index is -0.0644. The van der Waals surface area contributed by atoms with Crippen molar-refractivity contribution in [3.63, 3.8) is 0 Å². The Kier molecular flexibility index (Phi) is 6.25. The number of Topliss-reactive ketones (excluding diaryl/α,β-unsaturated/α-hetero) is 1. The van der Waals surface area contributed by atoms with E-state index in [2.05, 4.69) is 46.8 Å². The standard InChI is InChI=1S/C18H28O2/c1-7-9-20-18-14(6)10-13(5)11-15(18)17(12(3)4)16(19)8-2/h10-12,17H,7-9H2,1-6H3. The molecule has 2 nitrogen and oxygen atoms in total. The van der Waals surface area contributed by atoms with Gasteiger partial charge in [-0.3, -0.25) is 4.79 Å². The highest BCUT2D eigenvalue weighted by atomic mass is 16.5. The maximum atomic E-state index is 12.3. The summed E-state index contributed by atoms with van der Waals surface area (Å²) in [5, 5.41) is 0. The Labute approximate surface area is 123 Å². The Morgan fingerprint density at radius 3 is 2.35 bits per heavy atom. The summed E-state index contributed by atoms with van der Waals surface area (Å²) in [5.74, 6) is 1.43. The molecule has 1 rings (SSSR count). The maximum Gasteiger partial charge on any atom is 0.140 e. The van der Waals surface area contributed by atoms with Crippen LogP contribution in [-0.2, 0) is 4.79 Å². The van der Waals surface area contributed by atoms with E-state index in [-0.39, 0.29) is 11.8 Å². The molecule has 1 aromatic carbocycles. The highest BCUT2D eigenvalue weighted by Crippen LogP contribution is 2.36. The van der Waals surface area contributed by atoms with Crippen LogP contribution in [0.3, 0.4) is 0 Å². The Balaban J connectivity index is 3.34. The molecule has 20 heavy (non-hydrogen) atoms. The van der Waals surface area contributed by atoms with Gasteiger partial charge in [-0.05, 0) is 31.7 Å². The van der Waals surface area contributed by atoms with E-state index in [1.54, 1.807) is 0 Å². The van der Waals surface area contributed by atoms with E-state index in [1.807, 2.05) is 6.92 Å². The predicted octanol–water partition coefficient (Wildman–Crippen LogP) is 4.81. The van der Waals surface area contributed by atoms with Crippen LogP contribution in [0.25, 0.3) is 0 Å². The third-order valence-electron chi connectivity index (χ3n) is 3.60. The van der Waals surface area contributed by atoms with Gasteiger partial charge < -0.3 is 4.74 Å². The van der Waals surface area contributed by atoms with Gasteiger partial charge in [-0.2, -0.15) is 0 Å². The lowest BCUT2D eigenvalue weighted by atomic mass is 9.82. The molecule has 1 atom stereocenters. The maximum absolute atomic E-state index is 12.3. The fraction of sp³-hybridized carbons (Fsp3) is 0.611. The van der Waals surface area contributed by atoms with Crippen molar-refractivity contribution in [2.45, 2.75) is 60.3 Å². The van der Waals surface area contributed by atoms with Crippen LogP contribution in [0.4, 0.5) is 0 Å². The fourth-order valence-corrected chi connectivity index (χ4v) is 2.74. The minimum Gasteiger partial charge on any atom is -0.493 e. The number of ketones is 1. The molecule has 0 fully saturated rings. The van der Waals surface area contributed by atoms with E-state index in [0.29, 0.717) is 18.8 Å². The molecule has 0 aliphatic rings. The van der Waals surface area contributed by atoms with Gasteiger partial charge >= 0.3 is 0 Å². The summed E-state index contributed by atoms with van der Waals surface area (Å²) < 4.78 is 5.95. The van der Waals surface area contributed by atoms with E-state index >= 15 is 0 Å². The van der Waals surface area contributed by atoms with Crippen LogP contribution < -0.4 is 4.74 Å². The smallest absolute Gasteiger partial charge is 0.140 e. The molecule has 0 aliphatic carbocycles. The monoisotopic (exact) mass is 276 g/mol. The van der Waals surface area contributed by atoms with Gasteiger partial charge in [0.05, 0.1) is 6.61 Å². The van der Waals surface area contributed by atoms with Crippen molar-refractivity contribution >= 4 is 5.78 Å². The first-order valence-electron chi connectivity index (χ1n) is 7.68. The highest BCUT2D eigenvalue weighted by Gasteiger charge is 2.26. The van der Waals surface area contributed by atoms with Gasteiger partial charge in [-0.25, -0.2) is 0 Å². The number of rotatable bonds is 7. The van der Waals surface area contributed by atoms with Gasteiger partial charge in [-0.1, -0.05) is 45.4 Å². The van der Waals surface area contributed by atoms with E-state index in [1.165, 1.54) is 5.56 Å². The van der Waals surface area contributed by atoms with Crippen LogP contribution in [-0.4, -0.2) is 12.4 Å². The first kappa shape index (κ1) is 16.7. The average Bonchev–Trinajstić information content (AvgIpc) is 2.37. The van der Waals surface area contributed by atoms with Crippen LogP contribution in [0, 0.1) is 19.8 Å². The largest absolute Gasteiger partial charge is 0.493 e. The SMILES string of the molecule is CCCOc1c(C)cc(C)cc1C(C(=O)CC)C(C)C. The number of carbonyl (C=O) groups is 1. The first-order valence-corrected chi connectivity index (χ1v) is 7.68. The van der Waals surface area contributed by atoms with Crippen molar-refractivity contribution < 1.29 is 9.53 Å². The molecule has 1 unspecified atom stereocenters. The summed E-state index contributed by atoms with van der Waals surface area (Å²) in [5.41, 5.74) is 3.39. The predicted molar refractivity (Wildman–Crippen MR) is 84.6 cm³/mol. The normalized spacial score (nSPS) is 12.6. The van der Waals surface area contributed by atoms with E-state index in [9.17, 15) is 4.79 Å². The molecule has 0 aromatic heterocycles. The lowest BCUT2D eigenvalue weighted by Crippen LogP contribution is -2.19. The molecular formula is C18H28O2. The molecule has 112 valence electrons. The second kappa shape index (κ2) is 7.47. The summed E-state index contributed by atoms with van der Waals surface area (Å²) in [7, 11) is 0. The summed E-state index contributed by atoms with van der Waals surface area (Å²) >= 11 is 0. The van der Waals surface area contributed by atoms with Gasteiger partial charge in [0, 0.05) is 17.9 Å². The van der Waals surface area contributed by atoms with Crippen LogP contribution in [0.5, 0.6) is 5.75 Å². The average molecular weight is 276 g/mol. The zero-order chi connectivity index (χ0) is 15.3. The molecule has 2 heteroatoms. The molecule has 0 saturated heterocycles. The van der Waals surface area contributed by atoms with Crippen LogP contribution in [0.15, 0.2) is 12.1 Å².